The van der Waals surface area contributed by atoms with Gasteiger partial charge in [0.15, 0.2) is 0 Å². The van der Waals surface area contributed by atoms with Crippen molar-refractivity contribution in [2.24, 2.45) is 0 Å². The van der Waals surface area contributed by atoms with E-state index in [0.717, 1.165) is 16.7 Å². The predicted molar refractivity (Wildman–Crippen MR) is 117 cm³/mol. The lowest BCUT2D eigenvalue weighted by molar-refractivity contribution is -0.384. The lowest BCUT2D eigenvalue weighted by Gasteiger charge is -2.09. The molecule has 2 aromatic heterocycles. The van der Waals surface area contributed by atoms with Gasteiger partial charge in [-0.15, -0.1) is 0 Å². The van der Waals surface area contributed by atoms with E-state index in [2.05, 4.69) is 4.74 Å². The quantitative estimate of drug-likeness (QED) is 0.200. The first-order valence-corrected chi connectivity index (χ1v) is 10.4. The smallest absolute Gasteiger partial charge is 0.373 e. The van der Waals surface area contributed by atoms with Crippen molar-refractivity contribution in [2.45, 2.75) is 6.54 Å². The summed E-state index contributed by atoms with van der Waals surface area (Å²) < 4.78 is 15.6. The van der Waals surface area contributed by atoms with Gasteiger partial charge < -0.3 is 13.6 Å². The molecule has 0 unspecified atom stereocenters. The average molecular weight is 489 g/mol. The van der Waals surface area contributed by atoms with E-state index in [9.17, 15) is 24.5 Å². The molecule has 12 heteroatoms. The van der Waals surface area contributed by atoms with Crippen LogP contribution in [0.2, 0.25) is 5.02 Å². The number of non-ortho nitro benzene ring substituents is 1. The summed E-state index contributed by atoms with van der Waals surface area (Å²) in [5, 5.41) is 10.5. The Bertz CT molecular complexity index is 1330. The van der Waals surface area contributed by atoms with Gasteiger partial charge in [-0.25, -0.2) is 4.79 Å². The van der Waals surface area contributed by atoms with Crippen LogP contribution in [0.15, 0.2) is 56.2 Å². The van der Waals surface area contributed by atoms with Crippen LogP contribution in [0.3, 0.4) is 0 Å². The Labute approximate surface area is 194 Å². The number of carbonyl (C=O) groups excluding carboxylic acids is 3. The molecule has 0 spiro atoms. The number of ether oxygens (including phenoxy) is 1. The van der Waals surface area contributed by atoms with E-state index in [1.165, 1.54) is 43.5 Å². The van der Waals surface area contributed by atoms with Gasteiger partial charge in [0.05, 0.1) is 28.5 Å². The molecule has 3 aromatic rings. The number of amides is 2. The maximum atomic E-state index is 12.7. The highest BCUT2D eigenvalue weighted by Gasteiger charge is 2.36. The largest absolute Gasteiger partial charge is 0.463 e. The van der Waals surface area contributed by atoms with Crippen molar-refractivity contribution < 1.29 is 32.9 Å². The molecule has 0 atom stereocenters. The summed E-state index contributed by atoms with van der Waals surface area (Å²) in [6.45, 7) is -0.152. The molecular formula is C21H13ClN2O8S. The molecule has 0 saturated carbocycles. The second-order valence-corrected chi connectivity index (χ2v) is 8.05. The number of rotatable bonds is 6. The van der Waals surface area contributed by atoms with Crippen molar-refractivity contribution in [1.29, 1.82) is 0 Å². The summed E-state index contributed by atoms with van der Waals surface area (Å²) in [5.41, 5.74) is 0.286. The van der Waals surface area contributed by atoms with Gasteiger partial charge in [0.1, 0.15) is 17.3 Å². The molecule has 4 rings (SSSR count). The Morgan fingerprint density at radius 1 is 1.21 bits per heavy atom. The van der Waals surface area contributed by atoms with Crippen LogP contribution in [0.4, 0.5) is 10.5 Å². The van der Waals surface area contributed by atoms with Crippen LogP contribution in [-0.2, 0) is 16.1 Å². The maximum absolute atomic E-state index is 12.7. The zero-order valence-corrected chi connectivity index (χ0v) is 18.3. The first-order chi connectivity index (χ1) is 15.8. The molecule has 2 amide bonds. The number of carbonyl (C=O) groups is 3. The fourth-order valence-corrected chi connectivity index (χ4v) is 4.07. The van der Waals surface area contributed by atoms with Gasteiger partial charge in [-0.2, -0.15) is 0 Å². The fraction of sp³-hybridized carbons (Fsp3) is 0.0952. The van der Waals surface area contributed by atoms with Crippen molar-refractivity contribution in [1.82, 2.24) is 4.90 Å². The highest BCUT2D eigenvalue weighted by atomic mass is 35.5. The van der Waals surface area contributed by atoms with E-state index >= 15 is 0 Å². The number of nitro benzene ring substituents is 1. The first-order valence-electron chi connectivity index (χ1n) is 9.23. The van der Waals surface area contributed by atoms with Crippen molar-refractivity contribution >= 4 is 52.2 Å². The number of nitro groups is 1. The van der Waals surface area contributed by atoms with Crippen molar-refractivity contribution in [3.63, 3.8) is 0 Å². The van der Waals surface area contributed by atoms with E-state index in [4.69, 9.17) is 20.4 Å². The highest BCUT2D eigenvalue weighted by Crippen LogP contribution is 2.36. The van der Waals surface area contributed by atoms with Gasteiger partial charge in [0.25, 0.3) is 16.8 Å². The molecule has 1 fully saturated rings. The second-order valence-electron chi connectivity index (χ2n) is 6.65. The van der Waals surface area contributed by atoms with E-state index in [0.29, 0.717) is 11.3 Å². The summed E-state index contributed by atoms with van der Waals surface area (Å²) in [5.74, 6) is -0.387. The van der Waals surface area contributed by atoms with Gasteiger partial charge in [-0.05, 0) is 42.1 Å². The molecule has 1 aromatic carbocycles. The molecule has 33 heavy (non-hydrogen) atoms. The molecule has 0 N–H and O–H groups in total. The summed E-state index contributed by atoms with van der Waals surface area (Å²) >= 11 is 6.86. The molecule has 0 bridgehead atoms. The second kappa shape index (κ2) is 8.96. The van der Waals surface area contributed by atoms with E-state index in [-0.39, 0.29) is 39.4 Å². The number of hydrogen-bond donors (Lipinski definition) is 0. The number of thioether (sulfide) groups is 1. The summed E-state index contributed by atoms with van der Waals surface area (Å²) in [6, 6.07) is 10.0. The lowest BCUT2D eigenvalue weighted by atomic mass is 10.1. The van der Waals surface area contributed by atoms with Crippen LogP contribution < -0.4 is 0 Å². The molecular weight excluding hydrogens is 476 g/mol. The number of nitrogens with zero attached hydrogens (tertiary/aromatic N) is 2. The van der Waals surface area contributed by atoms with Crippen molar-refractivity contribution in [3.8, 4) is 11.3 Å². The van der Waals surface area contributed by atoms with Gasteiger partial charge in [0.2, 0.25) is 5.76 Å². The Morgan fingerprint density at radius 2 is 2.00 bits per heavy atom. The monoisotopic (exact) mass is 488 g/mol. The minimum absolute atomic E-state index is 0.0389. The van der Waals surface area contributed by atoms with Crippen LogP contribution in [0.25, 0.3) is 17.4 Å². The van der Waals surface area contributed by atoms with E-state index < -0.39 is 22.0 Å². The SMILES string of the molecule is COC(=O)c1ccc(CN2C(=O)S/C(=C/c3ccc(-c4ccc([N+](=O)[O-])cc4Cl)o3)C2=O)o1. The third kappa shape index (κ3) is 4.54. The van der Waals surface area contributed by atoms with Gasteiger partial charge in [0, 0.05) is 23.8 Å². The van der Waals surface area contributed by atoms with Crippen LogP contribution in [0.5, 0.6) is 0 Å². The van der Waals surface area contributed by atoms with Crippen molar-refractivity contribution in [2.75, 3.05) is 7.11 Å². The van der Waals surface area contributed by atoms with Gasteiger partial charge in [-0.3, -0.25) is 24.6 Å². The molecule has 10 nitrogen and oxygen atoms in total. The van der Waals surface area contributed by atoms with Gasteiger partial charge in [-0.1, -0.05) is 11.6 Å². The summed E-state index contributed by atoms with van der Waals surface area (Å²) in [4.78, 5) is 48.0. The topological polar surface area (TPSA) is 133 Å². The minimum atomic E-state index is -0.669. The van der Waals surface area contributed by atoms with Crippen LogP contribution >= 0.6 is 23.4 Å². The third-order valence-corrected chi connectivity index (χ3v) is 5.78. The maximum Gasteiger partial charge on any atom is 0.373 e. The van der Waals surface area contributed by atoms with Crippen LogP contribution in [0, 0.1) is 10.1 Å². The number of halogens is 1. The zero-order chi connectivity index (χ0) is 23.7. The van der Waals surface area contributed by atoms with Crippen LogP contribution in [-0.4, -0.2) is 34.0 Å². The number of esters is 1. The minimum Gasteiger partial charge on any atom is -0.463 e. The number of hydrogen-bond acceptors (Lipinski definition) is 9. The Morgan fingerprint density at radius 3 is 2.70 bits per heavy atom. The number of imide groups is 1. The first kappa shape index (κ1) is 22.4. The Hall–Kier alpha value is -3.83. The molecule has 3 heterocycles. The third-order valence-electron chi connectivity index (χ3n) is 4.56. The standard InChI is InChI=1S/C21H13ClN2O8S/c1-30-20(26)17-7-4-13(32-17)10-23-19(25)18(33-21(23)27)9-12-3-6-16(31-12)14-5-2-11(24(28)29)8-15(14)22/h2-9H,10H2,1H3/b18-9+. The molecule has 0 radical (unpaired) electrons. The highest BCUT2D eigenvalue weighted by molar-refractivity contribution is 8.18. The summed E-state index contributed by atoms with van der Waals surface area (Å²) in [6.07, 6.45) is 1.41. The number of methoxy groups -OCH3 is 1. The van der Waals surface area contributed by atoms with E-state index in [1.54, 1.807) is 12.1 Å². The molecule has 168 valence electrons. The van der Waals surface area contributed by atoms with Crippen molar-refractivity contribution in [3.05, 3.63) is 79.8 Å². The number of benzene rings is 1. The normalized spacial score (nSPS) is 14.8. The molecule has 1 saturated heterocycles. The predicted octanol–water partition coefficient (Wildman–Crippen LogP) is 5.12. The van der Waals surface area contributed by atoms with Gasteiger partial charge >= 0.3 is 5.97 Å². The summed E-state index contributed by atoms with van der Waals surface area (Å²) in [7, 11) is 1.21. The Kier molecular flexibility index (Phi) is 6.07. The average Bonchev–Trinajstić information content (AvgIpc) is 3.50. The fourth-order valence-electron chi connectivity index (χ4n) is 2.99. The van der Waals surface area contributed by atoms with E-state index in [1.807, 2.05) is 0 Å². The number of furan rings is 2. The Balaban J connectivity index is 1.51. The molecule has 1 aliphatic rings. The van der Waals surface area contributed by atoms with Crippen LogP contribution in [0.1, 0.15) is 22.1 Å². The lowest BCUT2D eigenvalue weighted by Crippen LogP contribution is -2.27. The zero-order valence-electron chi connectivity index (χ0n) is 16.8. The molecule has 1 aliphatic heterocycles. The molecule has 0 aliphatic carbocycles.